The van der Waals surface area contributed by atoms with Crippen molar-refractivity contribution in [2.45, 2.75) is 30.4 Å². The number of rotatable bonds is 9. The molecule has 3 rings (SSSR count). The first-order valence-electron chi connectivity index (χ1n) is 9.72. The molecule has 2 heterocycles. The summed E-state index contributed by atoms with van der Waals surface area (Å²) in [5, 5.41) is 11.0. The zero-order valence-electron chi connectivity index (χ0n) is 16.7. The minimum Gasteiger partial charge on any atom is -0.357 e. The SMILES string of the molecule is CCNC(=NCC(C)Sc1ccccc1)NCCc1noc(-c2ccccn2)n1. The lowest BCUT2D eigenvalue weighted by Crippen LogP contribution is -2.38. The van der Waals surface area contributed by atoms with Gasteiger partial charge in [0.25, 0.3) is 5.89 Å². The number of aliphatic imine (C=N–C) groups is 1. The van der Waals surface area contributed by atoms with Crippen molar-refractivity contribution in [3.05, 3.63) is 60.6 Å². The third-order valence-corrected chi connectivity index (χ3v) is 5.02. The number of thioether (sulfide) groups is 1. The summed E-state index contributed by atoms with van der Waals surface area (Å²) in [7, 11) is 0. The molecule has 152 valence electrons. The molecule has 0 amide bonds. The van der Waals surface area contributed by atoms with Crippen LogP contribution < -0.4 is 10.6 Å². The highest BCUT2D eigenvalue weighted by Crippen LogP contribution is 2.22. The van der Waals surface area contributed by atoms with E-state index in [0.29, 0.717) is 35.6 Å². The van der Waals surface area contributed by atoms with E-state index in [9.17, 15) is 0 Å². The van der Waals surface area contributed by atoms with Crippen molar-refractivity contribution in [2.24, 2.45) is 4.99 Å². The fourth-order valence-electron chi connectivity index (χ4n) is 2.57. The van der Waals surface area contributed by atoms with Crippen LogP contribution in [-0.4, -0.2) is 46.0 Å². The lowest BCUT2D eigenvalue weighted by Gasteiger charge is -2.13. The van der Waals surface area contributed by atoms with Gasteiger partial charge in [-0.2, -0.15) is 4.98 Å². The van der Waals surface area contributed by atoms with Crippen molar-refractivity contribution in [1.82, 2.24) is 25.8 Å². The Labute approximate surface area is 175 Å². The molecule has 8 heteroatoms. The maximum absolute atomic E-state index is 5.29. The van der Waals surface area contributed by atoms with Crippen molar-refractivity contribution in [1.29, 1.82) is 0 Å². The summed E-state index contributed by atoms with van der Waals surface area (Å²) in [5.41, 5.74) is 0.680. The summed E-state index contributed by atoms with van der Waals surface area (Å²) in [6.45, 7) is 6.42. The largest absolute Gasteiger partial charge is 0.357 e. The molecule has 0 radical (unpaired) electrons. The van der Waals surface area contributed by atoms with Crippen LogP contribution in [0.5, 0.6) is 0 Å². The van der Waals surface area contributed by atoms with E-state index in [1.807, 2.05) is 36.0 Å². The van der Waals surface area contributed by atoms with Gasteiger partial charge >= 0.3 is 0 Å². The fourth-order valence-corrected chi connectivity index (χ4v) is 3.50. The number of nitrogens with zero attached hydrogens (tertiary/aromatic N) is 4. The zero-order chi connectivity index (χ0) is 20.3. The van der Waals surface area contributed by atoms with E-state index in [1.54, 1.807) is 6.20 Å². The van der Waals surface area contributed by atoms with Crippen molar-refractivity contribution in [2.75, 3.05) is 19.6 Å². The van der Waals surface area contributed by atoms with Crippen molar-refractivity contribution >= 4 is 17.7 Å². The standard InChI is InChI=1S/C21H26N6OS/c1-3-22-21(25-15-16(2)29-17-9-5-4-6-10-17)24-14-12-19-26-20(28-27-19)18-11-7-8-13-23-18/h4-11,13,16H,3,12,14-15H2,1-2H3,(H2,22,24,25). The molecule has 1 unspecified atom stereocenters. The summed E-state index contributed by atoms with van der Waals surface area (Å²) in [4.78, 5) is 14.6. The van der Waals surface area contributed by atoms with Crippen LogP contribution in [0.3, 0.4) is 0 Å². The van der Waals surface area contributed by atoms with E-state index in [1.165, 1.54) is 4.90 Å². The quantitative estimate of drug-likeness (QED) is 0.317. The summed E-state index contributed by atoms with van der Waals surface area (Å²) >= 11 is 1.82. The number of aromatic nitrogens is 3. The molecule has 0 bridgehead atoms. The van der Waals surface area contributed by atoms with E-state index < -0.39 is 0 Å². The number of guanidine groups is 1. The van der Waals surface area contributed by atoms with Gasteiger partial charge in [-0.3, -0.25) is 9.98 Å². The molecule has 7 nitrogen and oxygen atoms in total. The second kappa shape index (κ2) is 11.2. The van der Waals surface area contributed by atoms with E-state index in [2.05, 4.69) is 63.9 Å². The summed E-state index contributed by atoms with van der Waals surface area (Å²) in [6.07, 6.45) is 2.34. The van der Waals surface area contributed by atoms with Gasteiger partial charge in [-0.25, -0.2) is 0 Å². The highest BCUT2D eigenvalue weighted by atomic mass is 32.2. The predicted molar refractivity (Wildman–Crippen MR) is 117 cm³/mol. The molecule has 29 heavy (non-hydrogen) atoms. The highest BCUT2D eigenvalue weighted by molar-refractivity contribution is 8.00. The minimum atomic E-state index is 0.381. The molecular weight excluding hydrogens is 384 g/mol. The third-order valence-electron chi connectivity index (χ3n) is 3.92. The van der Waals surface area contributed by atoms with Crippen LogP contribution >= 0.6 is 11.8 Å². The first-order valence-corrected chi connectivity index (χ1v) is 10.6. The molecule has 0 aliphatic heterocycles. The molecule has 2 aromatic heterocycles. The van der Waals surface area contributed by atoms with Crippen LogP contribution in [0.1, 0.15) is 19.7 Å². The molecule has 0 saturated carbocycles. The molecular formula is C21H26N6OS. The van der Waals surface area contributed by atoms with Crippen molar-refractivity contribution in [3.8, 4) is 11.6 Å². The maximum Gasteiger partial charge on any atom is 0.276 e. The van der Waals surface area contributed by atoms with Gasteiger partial charge in [0.05, 0.1) is 6.54 Å². The Balaban J connectivity index is 1.47. The first kappa shape index (κ1) is 20.9. The molecule has 1 aromatic carbocycles. The van der Waals surface area contributed by atoms with Gasteiger partial charge in [-0.15, -0.1) is 11.8 Å². The number of benzene rings is 1. The topological polar surface area (TPSA) is 88.2 Å². The average molecular weight is 411 g/mol. The molecule has 2 N–H and O–H groups in total. The molecule has 0 aliphatic rings. The number of pyridine rings is 1. The Bertz CT molecular complexity index is 884. The lowest BCUT2D eigenvalue weighted by atomic mass is 10.3. The van der Waals surface area contributed by atoms with Crippen LogP contribution in [-0.2, 0) is 6.42 Å². The fraction of sp³-hybridized carbons (Fsp3) is 0.333. The number of hydrogen-bond acceptors (Lipinski definition) is 6. The molecule has 0 saturated heterocycles. The zero-order valence-corrected chi connectivity index (χ0v) is 17.5. The monoisotopic (exact) mass is 410 g/mol. The summed E-state index contributed by atoms with van der Waals surface area (Å²) in [5.74, 6) is 1.87. The van der Waals surface area contributed by atoms with E-state index in [4.69, 9.17) is 9.52 Å². The van der Waals surface area contributed by atoms with Crippen LogP contribution in [0.2, 0.25) is 0 Å². The normalized spacial score (nSPS) is 12.6. The Kier molecular flexibility index (Phi) is 8.06. The van der Waals surface area contributed by atoms with E-state index >= 15 is 0 Å². The Morgan fingerprint density at radius 3 is 2.72 bits per heavy atom. The third kappa shape index (κ3) is 6.90. The Hall–Kier alpha value is -2.87. The van der Waals surface area contributed by atoms with Crippen molar-refractivity contribution < 1.29 is 4.52 Å². The summed E-state index contributed by atoms with van der Waals surface area (Å²) < 4.78 is 5.29. The Morgan fingerprint density at radius 1 is 1.14 bits per heavy atom. The van der Waals surface area contributed by atoms with Crippen molar-refractivity contribution in [3.63, 3.8) is 0 Å². The van der Waals surface area contributed by atoms with E-state index in [0.717, 1.165) is 19.0 Å². The minimum absolute atomic E-state index is 0.381. The molecule has 1 atom stereocenters. The molecule has 3 aromatic rings. The van der Waals surface area contributed by atoms with Gasteiger partial charge in [-0.05, 0) is 31.2 Å². The van der Waals surface area contributed by atoms with Crippen LogP contribution in [0.4, 0.5) is 0 Å². The van der Waals surface area contributed by atoms with Crippen LogP contribution in [0.15, 0.2) is 69.1 Å². The number of nitrogens with one attached hydrogen (secondary N) is 2. The predicted octanol–water partition coefficient (Wildman–Crippen LogP) is 3.41. The second-order valence-electron chi connectivity index (χ2n) is 6.37. The number of hydrogen-bond donors (Lipinski definition) is 2. The average Bonchev–Trinajstić information content (AvgIpc) is 3.22. The highest BCUT2D eigenvalue weighted by Gasteiger charge is 2.10. The lowest BCUT2D eigenvalue weighted by molar-refractivity contribution is 0.421. The molecule has 0 fully saturated rings. The smallest absolute Gasteiger partial charge is 0.276 e. The maximum atomic E-state index is 5.29. The van der Waals surface area contributed by atoms with Crippen LogP contribution in [0.25, 0.3) is 11.6 Å². The second-order valence-corrected chi connectivity index (χ2v) is 7.88. The first-order chi connectivity index (χ1) is 14.2. The van der Waals surface area contributed by atoms with Gasteiger partial charge in [0.2, 0.25) is 0 Å². The van der Waals surface area contributed by atoms with Gasteiger partial charge < -0.3 is 15.2 Å². The summed E-state index contributed by atoms with van der Waals surface area (Å²) in [6, 6.07) is 16.0. The van der Waals surface area contributed by atoms with Gasteiger partial charge in [0.15, 0.2) is 11.8 Å². The molecule has 0 aliphatic carbocycles. The molecule has 0 spiro atoms. The Morgan fingerprint density at radius 2 is 1.97 bits per heavy atom. The van der Waals surface area contributed by atoms with Gasteiger partial charge in [0, 0.05) is 35.9 Å². The van der Waals surface area contributed by atoms with Gasteiger partial charge in [0.1, 0.15) is 5.69 Å². The van der Waals surface area contributed by atoms with E-state index in [-0.39, 0.29) is 0 Å². The van der Waals surface area contributed by atoms with Crippen LogP contribution in [0, 0.1) is 0 Å². The van der Waals surface area contributed by atoms with Gasteiger partial charge in [-0.1, -0.05) is 36.3 Å².